The molecule has 0 fully saturated rings. The molecule has 0 atom stereocenters. The minimum atomic E-state index is -5.61. The molecule has 0 rings (SSSR count). The Balaban J connectivity index is 4.73. The number of hydrogen-bond acceptors (Lipinski definition) is 3. The van der Waals surface area contributed by atoms with Gasteiger partial charge in [-0.3, -0.25) is 19.3 Å². The molecule has 0 unspecified atom stereocenters. The molecule has 122 valence electrons. The van der Waals surface area contributed by atoms with Crippen molar-refractivity contribution >= 4 is 17.8 Å². The number of carbonyl (C=O) groups is 3. The summed E-state index contributed by atoms with van der Waals surface area (Å²) in [7, 11) is 0. The number of carboxylic acids is 1. The Morgan fingerprint density at radius 1 is 0.810 bits per heavy atom. The Morgan fingerprint density at radius 2 is 1.24 bits per heavy atom. The van der Waals surface area contributed by atoms with Crippen LogP contribution in [0.15, 0.2) is 0 Å². The Hall–Kier alpha value is -1.81. The van der Waals surface area contributed by atoms with E-state index in [1.807, 2.05) is 0 Å². The first-order chi connectivity index (χ1) is 9.37. The molecule has 0 aliphatic heterocycles. The van der Waals surface area contributed by atoms with E-state index in [0.29, 0.717) is 0 Å². The van der Waals surface area contributed by atoms with Gasteiger partial charge >= 0.3 is 30.1 Å². The van der Waals surface area contributed by atoms with Crippen LogP contribution in [-0.2, 0) is 14.4 Å². The number of carbonyl (C=O) groups excluding carboxylic acids is 2. The number of rotatable bonds is 6. The third-order valence-electron chi connectivity index (χ3n) is 2.25. The molecular weight excluding hydrogens is 312 g/mol. The number of imide groups is 1. The first-order valence-corrected chi connectivity index (χ1v) is 5.59. The first-order valence-electron chi connectivity index (χ1n) is 5.59. The monoisotopic (exact) mass is 323 g/mol. The van der Waals surface area contributed by atoms with E-state index in [2.05, 4.69) is 0 Å². The largest absolute Gasteiger partial charge is 0.481 e. The number of halogens is 6. The van der Waals surface area contributed by atoms with Crippen molar-refractivity contribution < 1.29 is 45.8 Å². The number of carboxylic acid groups (broad SMARTS) is 1. The van der Waals surface area contributed by atoms with Crippen molar-refractivity contribution in [2.45, 2.75) is 38.0 Å². The summed E-state index contributed by atoms with van der Waals surface area (Å²) in [6.07, 6.45) is -11.9. The van der Waals surface area contributed by atoms with E-state index in [-0.39, 0.29) is 25.7 Å². The average Bonchev–Trinajstić information content (AvgIpc) is 2.29. The van der Waals surface area contributed by atoms with Crippen molar-refractivity contribution in [3.8, 4) is 0 Å². The Kier molecular flexibility index (Phi) is 6.64. The molecule has 0 aliphatic rings. The van der Waals surface area contributed by atoms with Gasteiger partial charge in [-0.2, -0.15) is 26.3 Å². The highest BCUT2D eigenvalue weighted by atomic mass is 19.4. The second kappa shape index (κ2) is 7.27. The summed E-state index contributed by atoms with van der Waals surface area (Å²) in [4.78, 5) is 30.9. The maximum Gasteiger partial charge on any atom is 0.471 e. The van der Waals surface area contributed by atoms with Crippen molar-refractivity contribution in [1.82, 2.24) is 4.90 Å². The number of alkyl halides is 6. The Morgan fingerprint density at radius 3 is 1.57 bits per heavy atom. The summed E-state index contributed by atoms with van der Waals surface area (Å²) in [5, 5.41) is 8.30. The van der Waals surface area contributed by atoms with Gasteiger partial charge in [0.25, 0.3) is 0 Å². The molecule has 0 radical (unpaired) electrons. The molecule has 5 nitrogen and oxygen atoms in total. The number of hydrogen-bond donors (Lipinski definition) is 1. The zero-order chi connectivity index (χ0) is 16.8. The molecule has 0 heterocycles. The van der Waals surface area contributed by atoms with Gasteiger partial charge < -0.3 is 5.11 Å². The van der Waals surface area contributed by atoms with Crippen LogP contribution in [0.4, 0.5) is 26.3 Å². The number of nitrogens with zero attached hydrogens (tertiary/aromatic N) is 1. The predicted octanol–water partition coefficient (Wildman–Crippen LogP) is 2.11. The van der Waals surface area contributed by atoms with Crippen LogP contribution in [0.5, 0.6) is 0 Å². The second-order valence-corrected chi connectivity index (χ2v) is 3.96. The molecule has 0 saturated carbocycles. The highest BCUT2D eigenvalue weighted by Crippen LogP contribution is 2.24. The molecule has 11 heteroatoms. The second-order valence-electron chi connectivity index (χ2n) is 3.96. The average molecular weight is 323 g/mol. The quantitative estimate of drug-likeness (QED) is 0.600. The molecule has 0 aromatic rings. The van der Waals surface area contributed by atoms with Crippen LogP contribution in [0.25, 0.3) is 0 Å². The van der Waals surface area contributed by atoms with Crippen LogP contribution in [0.2, 0.25) is 0 Å². The minimum absolute atomic E-state index is 0.00356. The lowest BCUT2D eigenvalue weighted by Crippen LogP contribution is -2.50. The molecule has 1 N–H and O–H groups in total. The molecule has 0 aromatic heterocycles. The van der Waals surface area contributed by atoms with E-state index < -0.39 is 41.6 Å². The third kappa shape index (κ3) is 6.95. The fraction of sp³-hybridized carbons (Fsp3) is 0.700. The zero-order valence-electron chi connectivity index (χ0n) is 10.4. The van der Waals surface area contributed by atoms with Crippen molar-refractivity contribution in [1.29, 1.82) is 0 Å². The topological polar surface area (TPSA) is 74.7 Å². The lowest BCUT2D eigenvalue weighted by atomic mass is 10.2. The van der Waals surface area contributed by atoms with Gasteiger partial charge in [0.1, 0.15) is 0 Å². The van der Waals surface area contributed by atoms with Crippen molar-refractivity contribution in [2.24, 2.45) is 0 Å². The van der Waals surface area contributed by atoms with E-state index in [9.17, 15) is 40.7 Å². The highest BCUT2D eigenvalue weighted by molar-refractivity contribution is 6.00. The summed E-state index contributed by atoms with van der Waals surface area (Å²) < 4.78 is 72.8. The van der Waals surface area contributed by atoms with Crippen molar-refractivity contribution in [3.63, 3.8) is 0 Å². The molecule has 2 amide bonds. The molecule has 0 saturated heterocycles. The van der Waals surface area contributed by atoms with Gasteiger partial charge in [-0.05, 0) is 12.8 Å². The van der Waals surface area contributed by atoms with Crippen LogP contribution in [0, 0.1) is 0 Å². The van der Waals surface area contributed by atoms with E-state index >= 15 is 0 Å². The smallest absolute Gasteiger partial charge is 0.471 e. The van der Waals surface area contributed by atoms with Gasteiger partial charge in [-0.15, -0.1) is 0 Å². The summed E-state index contributed by atoms with van der Waals surface area (Å²) in [5.74, 6) is -6.98. The fourth-order valence-electron chi connectivity index (χ4n) is 1.32. The van der Waals surface area contributed by atoms with Crippen LogP contribution in [-0.4, -0.2) is 46.7 Å². The fourth-order valence-corrected chi connectivity index (χ4v) is 1.32. The highest BCUT2D eigenvalue weighted by Gasteiger charge is 2.51. The molecule has 0 bridgehead atoms. The van der Waals surface area contributed by atoms with E-state index in [1.54, 1.807) is 0 Å². The Labute approximate surface area is 114 Å². The predicted molar refractivity (Wildman–Crippen MR) is 54.9 cm³/mol. The number of amides is 2. The van der Waals surface area contributed by atoms with Crippen LogP contribution in [0.3, 0.4) is 0 Å². The summed E-state index contributed by atoms with van der Waals surface area (Å²) >= 11 is 0. The molecule has 0 aliphatic carbocycles. The third-order valence-corrected chi connectivity index (χ3v) is 2.25. The molecular formula is C10H11F6NO4. The summed E-state index contributed by atoms with van der Waals surface area (Å²) in [5.41, 5.74) is 0. The van der Waals surface area contributed by atoms with Crippen molar-refractivity contribution in [3.05, 3.63) is 0 Å². The van der Waals surface area contributed by atoms with Gasteiger partial charge in [-0.25, -0.2) is 0 Å². The molecule has 0 aromatic carbocycles. The minimum Gasteiger partial charge on any atom is -0.481 e. The lowest BCUT2D eigenvalue weighted by Gasteiger charge is -2.22. The van der Waals surface area contributed by atoms with Crippen LogP contribution >= 0.6 is 0 Å². The van der Waals surface area contributed by atoms with Gasteiger partial charge in [0.15, 0.2) is 0 Å². The number of unbranched alkanes of at least 4 members (excludes halogenated alkanes) is 2. The van der Waals surface area contributed by atoms with Gasteiger partial charge in [0.05, 0.1) is 0 Å². The number of aliphatic carboxylic acids is 1. The van der Waals surface area contributed by atoms with Crippen LogP contribution < -0.4 is 0 Å². The molecule has 21 heavy (non-hydrogen) atoms. The van der Waals surface area contributed by atoms with Gasteiger partial charge in [-0.1, -0.05) is 6.42 Å². The van der Waals surface area contributed by atoms with Crippen LogP contribution in [0.1, 0.15) is 25.7 Å². The van der Waals surface area contributed by atoms with E-state index in [1.165, 1.54) is 0 Å². The SMILES string of the molecule is O=C(O)CCCCCN(C(=O)C(F)(F)F)C(=O)C(F)(F)F. The lowest BCUT2D eigenvalue weighted by molar-refractivity contribution is -0.204. The standard InChI is InChI=1S/C10H11F6NO4/c11-9(12,13)7(20)17(8(21)10(14,15)16)5-3-1-2-4-6(18)19/h1-5H2,(H,18,19). The van der Waals surface area contributed by atoms with E-state index in [4.69, 9.17) is 5.11 Å². The summed E-state index contributed by atoms with van der Waals surface area (Å²) in [6, 6.07) is 0. The van der Waals surface area contributed by atoms with E-state index in [0.717, 1.165) is 0 Å². The maximum absolute atomic E-state index is 12.1. The Bertz CT molecular complexity index is 377. The van der Waals surface area contributed by atoms with Gasteiger partial charge in [0.2, 0.25) is 0 Å². The van der Waals surface area contributed by atoms with Crippen molar-refractivity contribution in [2.75, 3.05) is 6.54 Å². The molecule has 0 spiro atoms. The normalized spacial score (nSPS) is 12.1. The van der Waals surface area contributed by atoms with Gasteiger partial charge in [0, 0.05) is 13.0 Å². The summed E-state index contributed by atoms with van der Waals surface area (Å²) in [6.45, 7) is -1.09. The maximum atomic E-state index is 12.1. The zero-order valence-corrected chi connectivity index (χ0v) is 10.4. The first kappa shape index (κ1) is 19.2.